The highest BCUT2D eigenvalue weighted by Crippen LogP contribution is 2.18. The molecule has 0 fully saturated rings. The maximum Gasteiger partial charge on any atom is 0.306 e. The molecule has 18 heavy (non-hydrogen) atoms. The minimum absolute atomic E-state index is 0.250. The van der Waals surface area contributed by atoms with Crippen LogP contribution in [0.25, 0.3) is 0 Å². The Balaban J connectivity index is 3.65. The molecule has 0 aromatic carbocycles. The van der Waals surface area contributed by atoms with Gasteiger partial charge in [0.1, 0.15) is 0 Å². The van der Waals surface area contributed by atoms with E-state index in [-0.39, 0.29) is 11.8 Å². The van der Waals surface area contributed by atoms with Crippen molar-refractivity contribution in [3.05, 3.63) is 0 Å². The van der Waals surface area contributed by atoms with Gasteiger partial charge in [0.25, 0.3) is 0 Å². The lowest BCUT2D eigenvalue weighted by atomic mass is 9.95. The van der Waals surface area contributed by atoms with Gasteiger partial charge in [0, 0.05) is 6.42 Å². The van der Waals surface area contributed by atoms with Crippen molar-refractivity contribution in [2.45, 2.75) is 71.1 Å². The number of carboxylic acid groups (broad SMARTS) is 1. The summed E-state index contributed by atoms with van der Waals surface area (Å²) >= 11 is 0. The zero-order valence-corrected chi connectivity index (χ0v) is 11.5. The van der Waals surface area contributed by atoms with Crippen molar-refractivity contribution < 1.29 is 14.7 Å². The molecule has 0 aromatic rings. The Morgan fingerprint density at radius 3 is 2.06 bits per heavy atom. The van der Waals surface area contributed by atoms with Gasteiger partial charge in [0.05, 0.1) is 5.92 Å². The molecule has 0 saturated carbocycles. The highest BCUT2D eigenvalue weighted by Gasteiger charge is 2.16. The zero-order valence-electron chi connectivity index (χ0n) is 11.5. The van der Waals surface area contributed by atoms with E-state index in [1.807, 2.05) is 0 Å². The average Bonchev–Trinajstić information content (AvgIpc) is 2.30. The van der Waals surface area contributed by atoms with Crippen LogP contribution in [0.2, 0.25) is 0 Å². The van der Waals surface area contributed by atoms with E-state index in [4.69, 9.17) is 10.8 Å². The second-order valence-electron chi connectivity index (χ2n) is 4.95. The lowest BCUT2D eigenvalue weighted by Crippen LogP contribution is -2.14. The predicted octanol–water partition coefficient (Wildman–Crippen LogP) is 3.09. The molecule has 1 amide bonds. The molecule has 0 radical (unpaired) electrons. The number of carbonyl (C=O) groups is 2. The van der Waals surface area contributed by atoms with Crippen LogP contribution >= 0.6 is 0 Å². The lowest BCUT2D eigenvalue weighted by Gasteiger charge is -2.11. The molecule has 0 bridgehead atoms. The van der Waals surface area contributed by atoms with Crippen molar-refractivity contribution in [2.24, 2.45) is 11.7 Å². The van der Waals surface area contributed by atoms with Crippen LogP contribution in [0.4, 0.5) is 0 Å². The molecule has 0 aliphatic rings. The van der Waals surface area contributed by atoms with Crippen molar-refractivity contribution in [1.82, 2.24) is 0 Å². The highest BCUT2D eigenvalue weighted by molar-refractivity contribution is 5.73. The van der Waals surface area contributed by atoms with Gasteiger partial charge in [-0.1, -0.05) is 45.4 Å². The number of carboxylic acids is 1. The summed E-state index contributed by atoms with van der Waals surface area (Å²) in [6, 6.07) is 0. The van der Waals surface area contributed by atoms with E-state index in [0.29, 0.717) is 19.3 Å². The quantitative estimate of drug-likeness (QED) is 0.527. The van der Waals surface area contributed by atoms with Crippen molar-refractivity contribution >= 4 is 11.9 Å². The van der Waals surface area contributed by atoms with Crippen LogP contribution in [0.15, 0.2) is 0 Å². The third-order valence-corrected chi connectivity index (χ3v) is 3.23. The molecule has 0 heterocycles. The molecule has 0 aliphatic heterocycles. The fraction of sp³-hybridized carbons (Fsp3) is 0.857. The first-order valence-corrected chi connectivity index (χ1v) is 7.09. The summed E-state index contributed by atoms with van der Waals surface area (Å²) in [6.07, 6.45) is 9.01. The topological polar surface area (TPSA) is 80.4 Å². The molecular formula is C14H27NO3. The molecule has 0 saturated heterocycles. The summed E-state index contributed by atoms with van der Waals surface area (Å²) in [5.41, 5.74) is 5.04. The molecule has 0 rings (SSSR count). The van der Waals surface area contributed by atoms with E-state index in [0.717, 1.165) is 25.7 Å². The number of nitrogens with two attached hydrogens (primary N) is 1. The molecule has 0 aliphatic carbocycles. The van der Waals surface area contributed by atoms with Crippen molar-refractivity contribution in [2.75, 3.05) is 0 Å². The first-order chi connectivity index (χ1) is 8.57. The normalized spacial score (nSPS) is 12.3. The first-order valence-electron chi connectivity index (χ1n) is 7.09. The Kier molecular flexibility index (Phi) is 10.4. The largest absolute Gasteiger partial charge is 0.481 e. The van der Waals surface area contributed by atoms with Gasteiger partial charge < -0.3 is 10.8 Å². The number of carbonyl (C=O) groups excluding carboxylic acids is 1. The van der Waals surface area contributed by atoms with Crippen LogP contribution in [-0.2, 0) is 9.59 Å². The maximum atomic E-state index is 11.1. The monoisotopic (exact) mass is 257 g/mol. The number of aliphatic carboxylic acids is 1. The SMILES string of the molecule is CCCCCCCC(CCCCC(N)=O)C(=O)O. The average molecular weight is 257 g/mol. The van der Waals surface area contributed by atoms with Gasteiger partial charge in [-0.15, -0.1) is 0 Å². The highest BCUT2D eigenvalue weighted by atomic mass is 16.4. The first kappa shape index (κ1) is 16.9. The van der Waals surface area contributed by atoms with Gasteiger partial charge in [0.15, 0.2) is 0 Å². The van der Waals surface area contributed by atoms with Crippen molar-refractivity contribution in [1.29, 1.82) is 0 Å². The Labute approximate surface area is 110 Å². The summed E-state index contributed by atoms with van der Waals surface area (Å²) in [5, 5.41) is 9.09. The number of hydrogen-bond donors (Lipinski definition) is 2. The summed E-state index contributed by atoms with van der Waals surface area (Å²) < 4.78 is 0. The Morgan fingerprint density at radius 1 is 1.00 bits per heavy atom. The minimum Gasteiger partial charge on any atom is -0.481 e. The van der Waals surface area contributed by atoms with Crippen molar-refractivity contribution in [3.8, 4) is 0 Å². The molecule has 106 valence electrons. The smallest absolute Gasteiger partial charge is 0.306 e. The van der Waals surface area contributed by atoms with Gasteiger partial charge in [-0.05, 0) is 19.3 Å². The second-order valence-corrected chi connectivity index (χ2v) is 4.95. The van der Waals surface area contributed by atoms with E-state index in [2.05, 4.69) is 6.92 Å². The van der Waals surface area contributed by atoms with E-state index in [1.54, 1.807) is 0 Å². The number of hydrogen-bond acceptors (Lipinski definition) is 2. The molecule has 3 N–H and O–H groups in total. The Hall–Kier alpha value is -1.06. The van der Waals surface area contributed by atoms with Gasteiger partial charge in [-0.2, -0.15) is 0 Å². The van der Waals surface area contributed by atoms with Crippen LogP contribution in [0, 0.1) is 5.92 Å². The fourth-order valence-electron chi connectivity index (χ4n) is 2.08. The van der Waals surface area contributed by atoms with Crippen LogP contribution < -0.4 is 5.73 Å². The number of unbranched alkanes of at least 4 members (excludes halogenated alkanes) is 5. The van der Waals surface area contributed by atoms with Gasteiger partial charge in [-0.25, -0.2) is 0 Å². The maximum absolute atomic E-state index is 11.1. The van der Waals surface area contributed by atoms with Crippen molar-refractivity contribution in [3.63, 3.8) is 0 Å². The predicted molar refractivity (Wildman–Crippen MR) is 72.2 cm³/mol. The van der Waals surface area contributed by atoms with Crippen LogP contribution in [0.5, 0.6) is 0 Å². The Morgan fingerprint density at radius 2 is 1.56 bits per heavy atom. The van der Waals surface area contributed by atoms with E-state index in [1.165, 1.54) is 19.3 Å². The molecule has 4 nitrogen and oxygen atoms in total. The number of primary amides is 1. The second kappa shape index (κ2) is 11.1. The number of amides is 1. The molecular weight excluding hydrogens is 230 g/mol. The van der Waals surface area contributed by atoms with E-state index >= 15 is 0 Å². The molecule has 1 atom stereocenters. The van der Waals surface area contributed by atoms with Crippen LogP contribution in [-0.4, -0.2) is 17.0 Å². The third kappa shape index (κ3) is 10.1. The standard InChI is InChI=1S/C14H27NO3/c1-2-3-4-5-6-9-12(14(17)18)10-7-8-11-13(15)16/h12H,2-11H2,1H3,(H2,15,16)(H,17,18). The van der Waals surface area contributed by atoms with Crippen LogP contribution in [0.1, 0.15) is 71.1 Å². The number of rotatable bonds is 12. The van der Waals surface area contributed by atoms with Gasteiger partial charge in [-0.3, -0.25) is 9.59 Å². The summed E-state index contributed by atoms with van der Waals surface area (Å²) in [4.78, 5) is 21.6. The summed E-state index contributed by atoms with van der Waals surface area (Å²) in [6.45, 7) is 2.17. The van der Waals surface area contributed by atoms with Gasteiger partial charge in [0.2, 0.25) is 5.91 Å². The summed E-state index contributed by atoms with van der Waals surface area (Å²) in [5.74, 6) is -1.26. The molecule has 0 spiro atoms. The molecule has 1 unspecified atom stereocenters. The van der Waals surface area contributed by atoms with Gasteiger partial charge >= 0.3 is 5.97 Å². The molecule has 4 heteroatoms. The van der Waals surface area contributed by atoms with E-state index in [9.17, 15) is 9.59 Å². The lowest BCUT2D eigenvalue weighted by molar-refractivity contribution is -0.142. The molecule has 0 aromatic heterocycles. The zero-order chi connectivity index (χ0) is 13.8. The minimum atomic E-state index is -0.704. The van der Waals surface area contributed by atoms with E-state index < -0.39 is 5.97 Å². The third-order valence-electron chi connectivity index (χ3n) is 3.23. The summed E-state index contributed by atoms with van der Waals surface area (Å²) in [7, 11) is 0. The fourth-order valence-corrected chi connectivity index (χ4v) is 2.08. The van der Waals surface area contributed by atoms with Crippen LogP contribution in [0.3, 0.4) is 0 Å². The Bertz CT molecular complexity index is 241.